The van der Waals surface area contributed by atoms with Crippen molar-refractivity contribution in [3.8, 4) is 11.5 Å². The lowest BCUT2D eigenvalue weighted by atomic mass is 9.93. The maximum absolute atomic E-state index is 12.8. The third-order valence-corrected chi connectivity index (χ3v) is 5.34. The van der Waals surface area contributed by atoms with Gasteiger partial charge in [0.05, 0.1) is 26.4 Å². The lowest BCUT2D eigenvalue weighted by Gasteiger charge is -2.31. The lowest BCUT2D eigenvalue weighted by Crippen LogP contribution is -2.46. The number of aliphatic hydroxyl groups is 1. The summed E-state index contributed by atoms with van der Waals surface area (Å²) in [5.41, 5.74) is 1.02. The summed E-state index contributed by atoms with van der Waals surface area (Å²) in [6, 6.07) is 5.94. The van der Waals surface area contributed by atoms with Crippen LogP contribution in [0.3, 0.4) is 0 Å². The number of nitrogens with zero attached hydrogens (tertiary/aromatic N) is 1. The van der Waals surface area contributed by atoms with E-state index in [9.17, 15) is 9.90 Å². The van der Waals surface area contributed by atoms with Gasteiger partial charge in [-0.05, 0) is 50.7 Å². The minimum Gasteiger partial charge on any atom is -0.497 e. The van der Waals surface area contributed by atoms with Crippen LogP contribution in [0, 0.1) is 0 Å². The zero-order valence-electron chi connectivity index (χ0n) is 15.0. The van der Waals surface area contributed by atoms with E-state index in [0.29, 0.717) is 0 Å². The van der Waals surface area contributed by atoms with Gasteiger partial charge in [-0.1, -0.05) is 0 Å². The Bertz CT molecular complexity index is 599. The summed E-state index contributed by atoms with van der Waals surface area (Å²) in [6.45, 7) is 0.751. The van der Waals surface area contributed by atoms with E-state index in [4.69, 9.17) is 9.47 Å². The molecule has 1 aromatic carbocycles. The highest BCUT2D eigenvalue weighted by molar-refractivity contribution is 5.75. The van der Waals surface area contributed by atoms with Crippen LogP contribution in [0.1, 0.15) is 50.1 Å². The minimum atomic E-state index is -0.212. The third-order valence-electron chi connectivity index (χ3n) is 5.34. The molecule has 2 aliphatic rings. The number of carbonyl (C=O) groups excluding carboxylic acids is 1. The predicted octanol–water partition coefficient (Wildman–Crippen LogP) is 2.85. The number of aliphatic hydroxyl groups excluding tert-OH is 1. The predicted molar refractivity (Wildman–Crippen MR) is 95.0 cm³/mol. The molecule has 0 unspecified atom stereocenters. The molecule has 6 heteroatoms. The molecule has 2 amide bonds. The first kappa shape index (κ1) is 17.9. The zero-order valence-corrected chi connectivity index (χ0v) is 15.0. The molecule has 1 aliphatic carbocycles. The topological polar surface area (TPSA) is 71.0 Å². The van der Waals surface area contributed by atoms with Crippen LogP contribution in [0.25, 0.3) is 0 Å². The second kappa shape index (κ2) is 7.95. The van der Waals surface area contributed by atoms with E-state index < -0.39 is 0 Å². The average molecular weight is 348 g/mol. The number of carbonyl (C=O) groups is 1. The molecule has 1 heterocycles. The number of ether oxygens (including phenoxy) is 2. The maximum atomic E-state index is 12.8. The monoisotopic (exact) mass is 348 g/mol. The van der Waals surface area contributed by atoms with Crippen LogP contribution in [-0.4, -0.2) is 48.9 Å². The van der Waals surface area contributed by atoms with E-state index in [1.807, 2.05) is 23.1 Å². The second-order valence-corrected chi connectivity index (χ2v) is 6.91. The van der Waals surface area contributed by atoms with Crippen molar-refractivity contribution in [1.82, 2.24) is 10.2 Å². The van der Waals surface area contributed by atoms with E-state index in [1.54, 1.807) is 14.2 Å². The summed E-state index contributed by atoms with van der Waals surface area (Å²) < 4.78 is 10.8. The van der Waals surface area contributed by atoms with Gasteiger partial charge in [-0.3, -0.25) is 0 Å². The molecule has 2 N–H and O–H groups in total. The van der Waals surface area contributed by atoms with Gasteiger partial charge >= 0.3 is 6.03 Å². The van der Waals surface area contributed by atoms with Gasteiger partial charge in [0.2, 0.25) is 0 Å². The van der Waals surface area contributed by atoms with Crippen LogP contribution in [-0.2, 0) is 0 Å². The molecule has 1 atom stereocenters. The molecule has 1 saturated heterocycles. The first-order valence-electron chi connectivity index (χ1n) is 9.09. The lowest BCUT2D eigenvalue weighted by molar-refractivity contribution is 0.114. The number of benzene rings is 1. The Kier molecular flexibility index (Phi) is 5.68. The molecule has 1 aliphatic heterocycles. The van der Waals surface area contributed by atoms with E-state index in [2.05, 4.69) is 5.32 Å². The number of amides is 2. The van der Waals surface area contributed by atoms with Gasteiger partial charge in [0.25, 0.3) is 0 Å². The molecule has 0 bridgehead atoms. The standard InChI is InChI=1S/C19H28N2O4/c1-24-15-9-10-16(18(12-15)25-2)17-4-3-11-21(17)19(23)20-13-5-7-14(22)8-6-13/h9-10,12-14,17,22H,3-8,11H2,1-2H3,(H,20,23)/t13?,14?,17-/m0/s1. The maximum Gasteiger partial charge on any atom is 0.318 e. The Morgan fingerprint density at radius 2 is 1.92 bits per heavy atom. The van der Waals surface area contributed by atoms with Gasteiger partial charge in [0, 0.05) is 24.2 Å². The molecule has 0 aromatic heterocycles. The van der Waals surface area contributed by atoms with Gasteiger partial charge < -0.3 is 24.8 Å². The molecule has 25 heavy (non-hydrogen) atoms. The van der Waals surface area contributed by atoms with Crippen molar-refractivity contribution in [3.63, 3.8) is 0 Å². The Labute approximate surface area is 149 Å². The summed E-state index contributed by atoms with van der Waals surface area (Å²) in [4.78, 5) is 14.7. The summed E-state index contributed by atoms with van der Waals surface area (Å²) >= 11 is 0. The van der Waals surface area contributed by atoms with Crippen LogP contribution >= 0.6 is 0 Å². The van der Waals surface area contributed by atoms with Gasteiger partial charge in [0.1, 0.15) is 11.5 Å². The Morgan fingerprint density at radius 1 is 1.16 bits per heavy atom. The van der Waals surface area contributed by atoms with Gasteiger partial charge in [-0.25, -0.2) is 4.79 Å². The van der Waals surface area contributed by atoms with Crippen molar-refractivity contribution in [3.05, 3.63) is 23.8 Å². The fraction of sp³-hybridized carbons (Fsp3) is 0.632. The van der Waals surface area contributed by atoms with Gasteiger partial charge in [0.15, 0.2) is 0 Å². The van der Waals surface area contributed by atoms with Gasteiger partial charge in [-0.2, -0.15) is 0 Å². The van der Waals surface area contributed by atoms with Crippen molar-refractivity contribution in [1.29, 1.82) is 0 Å². The third kappa shape index (κ3) is 4.00. The number of methoxy groups -OCH3 is 2. The molecular formula is C19H28N2O4. The molecule has 0 radical (unpaired) electrons. The molecule has 1 aromatic rings. The van der Waals surface area contributed by atoms with Crippen molar-refractivity contribution in [2.75, 3.05) is 20.8 Å². The van der Waals surface area contributed by atoms with Crippen molar-refractivity contribution in [2.45, 2.75) is 56.7 Å². The van der Waals surface area contributed by atoms with Crippen molar-refractivity contribution < 1.29 is 19.4 Å². The minimum absolute atomic E-state index is 0.0123. The number of likely N-dealkylation sites (tertiary alicyclic amines) is 1. The van der Waals surface area contributed by atoms with Crippen LogP contribution in [0.4, 0.5) is 4.79 Å². The highest BCUT2D eigenvalue weighted by Crippen LogP contribution is 2.38. The number of hydrogen-bond donors (Lipinski definition) is 2. The molecule has 3 rings (SSSR count). The van der Waals surface area contributed by atoms with Crippen molar-refractivity contribution in [2.24, 2.45) is 0 Å². The Hall–Kier alpha value is -1.95. The molecule has 138 valence electrons. The first-order valence-corrected chi connectivity index (χ1v) is 9.09. The highest BCUT2D eigenvalue weighted by Gasteiger charge is 2.33. The molecule has 1 saturated carbocycles. The Balaban J connectivity index is 1.71. The SMILES string of the molecule is COc1ccc([C@@H]2CCCN2C(=O)NC2CCC(O)CC2)c(OC)c1. The number of urea groups is 1. The molecule has 0 spiro atoms. The summed E-state index contributed by atoms with van der Waals surface area (Å²) in [6.07, 6.45) is 4.92. The summed E-state index contributed by atoms with van der Waals surface area (Å²) in [5.74, 6) is 1.50. The number of rotatable bonds is 4. The quantitative estimate of drug-likeness (QED) is 0.878. The summed E-state index contributed by atoms with van der Waals surface area (Å²) in [7, 11) is 3.27. The van der Waals surface area contributed by atoms with Crippen LogP contribution in [0.5, 0.6) is 11.5 Å². The van der Waals surface area contributed by atoms with E-state index in [1.165, 1.54) is 0 Å². The number of hydrogen-bond acceptors (Lipinski definition) is 4. The fourth-order valence-corrected chi connectivity index (χ4v) is 3.90. The molecule has 2 fully saturated rings. The van der Waals surface area contributed by atoms with Crippen LogP contribution in [0.15, 0.2) is 18.2 Å². The normalized spacial score (nSPS) is 26.4. The van der Waals surface area contributed by atoms with Crippen LogP contribution in [0.2, 0.25) is 0 Å². The average Bonchev–Trinajstić information content (AvgIpc) is 3.12. The van der Waals surface area contributed by atoms with E-state index in [0.717, 1.165) is 62.1 Å². The first-order chi connectivity index (χ1) is 12.1. The second-order valence-electron chi connectivity index (χ2n) is 6.91. The zero-order chi connectivity index (χ0) is 17.8. The van der Waals surface area contributed by atoms with Crippen LogP contribution < -0.4 is 14.8 Å². The fourth-order valence-electron chi connectivity index (χ4n) is 3.90. The molecule has 6 nitrogen and oxygen atoms in total. The smallest absolute Gasteiger partial charge is 0.318 e. The van der Waals surface area contributed by atoms with Crippen molar-refractivity contribution >= 4 is 6.03 Å². The summed E-state index contributed by atoms with van der Waals surface area (Å²) in [5, 5.41) is 12.8. The van der Waals surface area contributed by atoms with Gasteiger partial charge in [-0.15, -0.1) is 0 Å². The van der Waals surface area contributed by atoms with E-state index >= 15 is 0 Å². The Morgan fingerprint density at radius 3 is 2.60 bits per heavy atom. The largest absolute Gasteiger partial charge is 0.497 e. The van der Waals surface area contributed by atoms with E-state index in [-0.39, 0.29) is 24.2 Å². The highest BCUT2D eigenvalue weighted by atomic mass is 16.5. The number of nitrogens with one attached hydrogen (secondary N) is 1. The molecular weight excluding hydrogens is 320 g/mol.